The van der Waals surface area contributed by atoms with E-state index in [1.807, 2.05) is 18.2 Å². The van der Waals surface area contributed by atoms with Crippen LogP contribution >= 0.6 is 0 Å². The molecule has 0 aromatic heterocycles. The lowest BCUT2D eigenvalue weighted by molar-refractivity contribution is -0.119. The van der Waals surface area contributed by atoms with Crippen LogP contribution in [-0.4, -0.2) is 16.0 Å². The Morgan fingerprint density at radius 2 is 1.36 bits per heavy atom. The number of carbonyl (C=O) groups excluding carboxylic acids is 1. The highest BCUT2D eigenvalue weighted by molar-refractivity contribution is 5.78. The Morgan fingerprint density at radius 1 is 0.773 bits per heavy atom. The number of hydrogen-bond acceptors (Lipinski definition) is 3. The molecule has 0 aliphatic carbocycles. The molecule has 0 radical (unpaired) electrons. The number of ketones is 1. The van der Waals surface area contributed by atoms with Crippen LogP contribution in [0.25, 0.3) is 0 Å². The van der Waals surface area contributed by atoms with E-state index < -0.39 is 0 Å². The Morgan fingerprint density at radius 3 is 1.95 bits per heavy atom. The van der Waals surface area contributed by atoms with Gasteiger partial charge in [-0.1, -0.05) is 24.3 Å². The van der Waals surface area contributed by atoms with E-state index in [2.05, 4.69) is 0 Å². The van der Waals surface area contributed by atoms with Crippen LogP contribution in [-0.2, 0) is 17.6 Å². The van der Waals surface area contributed by atoms with Gasteiger partial charge in [0.05, 0.1) is 0 Å². The minimum absolute atomic E-state index is 0.246. The van der Waals surface area contributed by atoms with E-state index >= 15 is 0 Å². The first-order valence-electron chi connectivity index (χ1n) is 7.71. The zero-order chi connectivity index (χ0) is 15.8. The molecule has 0 saturated heterocycles. The lowest BCUT2D eigenvalue weighted by atomic mass is 10.0. The van der Waals surface area contributed by atoms with Crippen molar-refractivity contribution in [3.63, 3.8) is 0 Å². The van der Waals surface area contributed by atoms with E-state index in [-0.39, 0.29) is 11.5 Å². The van der Waals surface area contributed by atoms with E-state index in [0.29, 0.717) is 25.0 Å². The SMILES string of the molecule is O=C(CCCCc1cccc(O)c1)CCc1cccc(O)c1. The molecule has 0 amide bonds. The molecule has 2 N–H and O–H groups in total. The van der Waals surface area contributed by atoms with Gasteiger partial charge in [-0.25, -0.2) is 0 Å². The van der Waals surface area contributed by atoms with Crippen LogP contribution in [0.15, 0.2) is 48.5 Å². The fraction of sp³-hybridized carbons (Fsp3) is 0.316. The van der Waals surface area contributed by atoms with Crippen LogP contribution in [0.4, 0.5) is 0 Å². The molecule has 0 atom stereocenters. The van der Waals surface area contributed by atoms with Gasteiger partial charge < -0.3 is 10.2 Å². The number of rotatable bonds is 8. The third kappa shape index (κ3) is 5.60. The third-order valence-corrected chi connectivity index (χ3v) is 3.68. The zero-order valence-corrected chi connectivity index (χ0v) is 12.7. The molecule has 0 spiro atoms. The number of aryl methyl sites for hydroxylation is 2. The summed E-state index contributed by atoms with van der Waals surface area (Å²) in [5.41, 5.74) is 2.10. The summed E-state index contributed by atoms with van der Waals surface area (Å²) in [5, 5.41) is 18.8. The molecule has 2 rings (SSSR count). The molecule has 0 aliphatic rings. The molecule has 116 valence electrons. The molecule has 0 fully saturated rings. The summed E-state index contributed by atoms with van der Waals surface area (Å²) in [6.45, 7) is 0. The average molecular weight is 298 g/mol. The minimum Gasteiger partial charge on any atom is -0.508 e. The highest BCUT2D eigenvalue weighted by Crippen LogP contribution is 2.15. The van der Waals surface area contributed by atoms with E-state index in [1.165, 1.54) is 0 Å². The zero-order valence-electron chi connectivity index (χ0n) is 12.7. The quantitative estimate of drug-likeness (QED) is 0.724. The van der Waals surface area contributed by atoms with Gasteiger partial charge in [0.1, 0.15) is 17.3 Å². The molecular formula is C19H22O3. The van der Waals surface area contributed by atoms with E-state index in [0.717, 1.165) is 30.4 Å². The van der Waals surface area contributed by atoms with Crippen molar-refractivity contribution in [2.45, 2.75) is 38.5 Å². The topological polar surface area (TPSA) is 57.5 Å². The number of phenols is 2. The molecule has 22 heavy (non-hydrogen) atoms. The lowest BCUT2D eigenvalue weighted by Crippen LogP contribution is -2.00. The lowest BCUT2D eigenvalue weighted by Gasteiger charge is -2.04. The number of benzene rings is 2. The van der Waals surface area contributed by atoms with Crippen LogP contribution < -0.4 is 0 Å². The molecule has 0 saturated carbocycles. The van der Waals surface area contributed by atoms with Crippen LogP contribution in [0.1, 0.15) is 36.8 Å². The number of Topliss-reactive ketones (excluding diaryl/α,β-unsaturated/α-hetero) is 1. The number of unbranched alkanes of at least 4 members (excludes halogenated alkanes) is 1. The standard InChI is InChI=1S/C19H22O3/c20-17(12-11-16-7-4-10-19(22)14-16)8-2-1-5-15-6-3-9-18(21)13-15/h3-4,6-7,9-10,13-14,21-22H,1-2,5,8,11-12H2. The maximum Gasteiger partial charge on any atom is 0.133 e. The van der Waals surface area contributed by atoms with Crippen LogP contribution in [0.5, 0.6) is 11.5 Å². The van der Waals surface area contributed by atoms with Gasteiger partial charge >= 0.3 is 0 Å². The van der Waals surface area contributed by atoms with Crippen molar-refractivity contribution in [2.24, 2.45) is 0 Å². The van der Waals surface area contributed by atoms with Crippen molar-refractivity contribution in [2.75, 3.05) is 0 Å². The fourth-order valence-electron chi connectivity index (χ4n) is 2.48. The molecule has 3 nitrogen and oxygen atoms in total. The van der Waals surface area contributed by atoms with Crippen molar-refractivity contribution in [3.05, 3.63) is 59.7 Å². The Hall–Kier alpha value is -2.29. The summed E-state index contributed by atoms with van der Waals surface area (Å²) in [6, 6.07) is 14.3. The second-order valence-electron chi connectivity index (χ2n) is 5.59. The average Bonchev–Trinajstić information content (AvgIpc) is 2.50. The molecule has 0 heterocycles. The fourth-order valence-corrected chi connectivity index (χ4v) is 2.48. The highest BCUT2D eigenvalue weighted by atomic mass is 16.3. The van der Waals surface area contributed by atoms with Crippen molar-refractivity contribution in [1.82, 2.24) is 0 Å². The number of carbonyl (C=O) groups is 1. The molecular weight excluding hydrogens is 276 g/mol. The summed E-state index contributed by atoms with van der Waals surface area (Å²) in [5.74, 6) is 0.801. The molecule has 0 bridgehead atoms. The summed E-state index contributed by atoms with van der Waals surface area (Å²) >= 11 is 0. The monoisotopic (exact) mass is 298 g/mol. The normalized spacial score (nSPS) is 10.5. The first-order valence-corrected chi connectivity index (χ1v) is 7.71. The van der Waals surface area contributed by atoms with Crippen LogP contribution in [0.2, 0.25) is 0 Å². The maximum atomic E-state index is 11.9. The molecule has 2 aromatic rings. The van der Waals surface area contributed by atoms with Gasteiger partial charge in [-0.15, -0.1) is 0 Å². The number of phenolic OH excluding ortho intramolecular Hbond substituents is 2. The third-order valence-electron chi connectivity index (χ3n) is 3.68. The smallest absolute Gasteiger partial charge is 0.133 e. The minimum atomic E-state index is 0.246. The van der Waals surface area contributed by atoms with Gasteiger partial charge in [0.15, 0.2) is 0 Å². The summed E-state index contributed by atoms with van der Waals surface area (Å²) in [6.07, 6.45) is 4.50. The van der Waals surface area contributed by atoms with E-state index in [1.54, 1.807) is 30.3 Å². The van der Waals surface area contributed by atoms with Crippen LogP contribution in [0, 0.1) is 0 Å². The van der Waals surface area contributed by atoms with Crippen molar-refractivity contribution >= 4 is 5.78 Å². The summed E-state index contributed by atoms with van der Waals surface area (Å²) in [7, 11) is 0. The van der Waals surface area contributed by atoms with Gasteiger partial charge in [0, 0.05) is 12.8 Å². The maximum absolute atomic E-state index is 11.9. The van der Waals surface area contributed by atoms with E-state index in [4.69, 9.17) is 0 Å². The predicted molar refractivity (Wildman–Crippen MR) is 87.1 cm³/mol. The second kappa shape index (κ2) is 8.23. The Kier molecular flexibility index (Phi) is 6.01. The largest absolute Gasteiger partial charge is 0.508 e. The predicted octanol–water partition coefficient (Wildman–Crippen LogP) is 4.01. The molecule has 0 aliphatic heterocycles. The van der Waals surface area contributed by atoms with Crippen molar-refractivity contribution in [3.8, 4) is 11.5 Å². The number of aromatic hydroxyl groups is 2. The van der Waals surface area contributed by atoms with Crippen molar-refractivity contribution in [1.29, 1.82) is 0 Å². The molecule has 2 aromatic carbocycles. The first kappa shape index (κ1) is 16.1. The first-order chi connectivity index (χ1) is 10.6. The van der Waals surface area contributed by atoms with Gasteiger partial charge in [-0.3, -0.25) is 4.79 Å². The Balaban J connectivity index is 1.63. The van der Waals surface area contributed by atoms with Gasteiger partial charge in [0.25, 0.3) is 0 Å². The van der Waals surface area contributed by atoms with E-state index in [9.17, 15) is 15.0 Å². The Labute approximate surface area is 131 Å². The summed E-state index contributed by atoms with van der Waals surface area (Å²) in [4.78, 5) is 11.9. The summed E-state index contributed by atoms with van der Waals surface area (Å²) < 4.78 is 0. The Bertz CT molecular complexity index is 620. The molecule has 0 unspecified atom stereocenters. The van der Waals surface area contributed by atoms with Crippen LogP contribution in [0.3, 0.4) is 0 Å². The van der Waals surface area contributed by atoms with Gasteiger partial charge in [-0.05, 0) is 61.1 Å². The second-order valence-corrected chi connectivity index (χ2v) is 5.59. The highest BCUT2D eigenvalue weighted by Gasteiger charge is 2.04. The van der Waals surface area contributed by atoms with Gasteiger partial charge in [-0.2, -0.15) is 0 Å². The number of hydrogen-bond donors (Lipinski definition) is 2. The van der Waals surface area contributed by atoms with Crippen molar-refractivity contribution < 1.29 is 15.0 Å². The van der Waals surface area contributed by atoms with Gasteiger partial charge in [0.2, 0.25) is 0 Å². The molecule has 3 heteroatoms.